The van der Waals surface area contributed by atoms with Crippen LogP contribution in [0.2, 0.25) is 0 Å². The SMILES string of the molecule is C=CCN1C(=O)[C@@H](N)c2cc([N+](=O)[O-])ccc21. The van der Waals surface area contributed by atoms with Crippen molar-refractivity contribution < 1.29 is 9.72 Å². The van der Waals surface area contributed by atoms with E-state index < -0.39 is 11.0 Å². The predicted molar refractivity (Wildman–Crippen MR) is 62.6 cm³/mol. The molecule has 0 saturated heterocycles. The summed E-state index contributed by atoms with van der Waals surface area (Å²) in [5.74, 6) is -0.264. The molecule has 1 aromatic carbocycles. The van der Waals surface area contributed by atoms with E-state index >= 15 is 0 Å². The van der Waals surface area contributed by atoms with Gasteiger partial charge in [0.15, 0.2) is 0 Å². The summed E-state index contributed by atoms with van der Waals surface area (Å²) in [6.45, 7) is 3.90. The molecule has 0 bridgehead atoms. The van der Waals surface area contributed by atoms with Gasteiger partial charge in [-0.1, -0.05) is 6.08 Å². The number of hydrogen-bond donors (Lipinski definition) is 1. The summed E-state index contributed by atoms with van der Waals surface area (Å²) in [6, 6.07) is 3.42. The van der Waals surface area contributed by atoms with Gasteiger partial charge in [-0.05, 0) is 6.07 Å². The molecule has 6 heteroatoms. The van der Waals surface area contributed by atoms with Gasteiger partial charge in [0.1, 0.15) is 6.04 Å². The maximum absolute atomic E-state index is 11.8. The average Bonchev–Trinajstić information content (AvgIpc) is 2.54. The molecular weight excluding hydrogens is 222 g/mol. The number of nitro benzene ring substituents is 1. The van der Waals surface area contributed by atoms with Crippen LogP contribution >= 0.6 is 0 Å². The third-order valence-corrected chi connectivity index (χ3v) is 2.69. The highest BCUT2D eigenvalue weighted by Gasteiger charge is 2.35. The van der Waals surface area contributed by atoms with Gasteiger partial charge in [-0.15, -0.1) is 6.58 Å². The molecule has 0 radical (unpaired) electrons. The van der Waals surface area contributed by atoms with Gasteiger partial charge in [0.2, 0.25) is 5.91 Å². The Morgan fingerprint density at radius 1 is 1.59 bits per heavy atom. The number of carbonyl (C=O) groups is 1. The second-order valence-corrected chi connectivity index (χ2v) is 3.72. The summed E-state index contributed by atoms with van der Waals surface area (Å²) in [4.78, 5) is 23.4. The predicted octanol–water partition coefficient (Wildman–Crippen LogP) is 1.13. The first-order chi connectivity index (χ1) is 8.06. The Morgan fingerprint density at radius 2 is 2.29 bits per heavy atom. The van der Waals surface area contributed by atoms with Crippen LogP contribution < -0.4 is 10.6 Å². The number of benzene rings is 1. The Kier molecular flexibility index (Phi) is 2.64. The van der Waals surface area contributed by atoms with E-state index in [4.69, 9.17) is 5.73 Å². The van der Waals surface area contributed by atoms with Crippen molar-refractivity contribution in [1.29, 1.82) is 0 Å². The number of hydrogen-bond acceptors (Lipinski definition) is 4. The molecule has 0 fully saturated rings. The van der Waals surface area contributed by atoms with Gasteiger partial charge >= 0.3 is 0 Å². The normalized spacial score (nSPS) is 18.1. The van der Waals surface area contributed by atoms with Crippen LogP contribution in [0.25, 0.3) is 0 Å². The van der Waals surface area contributed by atoms with E-state index in [0.29, 0.717) is 17.8 Å². The van der Waals surface area contributed by atoms with Gasteiger partial charge in [0.25, 0.3) is 5.69 Å². The van der Waals surface area contributed by atoms with Crippen LogP contribution in [0, 0.1) is 10.1 Å². The summed E-state index contributed by atoms with van der Waals surface area (Å²) in [5.41, 5.74) is 6.78. The number of nitrogens with zero attached hydrogens (tertiary/aromatic N) is 2. The minimum absolute atomic E-state index is 0.0625. The number of nitro groups is 1. The molecule has 88 valence electrons. The molecule has 1 atom stereocenters. The summed E-state index contributed by atoms with van der Waals surface area (Å²) < 4.78 is 0. The Hall–Kier alpha value is -2.21. The van der Waals surface area contributed by atoms with Gasteiger partial charge < -0.3 is 10.6 Å². The number of fused-ring (bicyclic) bond motifs is 1. The quantitative estimate of drug-likeness (QED) is 0.481. The first-order valence-electron chi connectivity index (χ1n) is 5.02. The summed E-state index contributed by atoms with van der Waals surface area (Å²) in [5, 5.41) is 10.6. The minimum atomic E-state index is -0.829. The lowest BCUT2D eigenvalue weighted by atomic mass is 10.1. The number of nitrogens with two attached hydrogens (primary N) is 1. The van der Waals surface area contributed by atoms with Gasteiger partial charge in [-0.25, -0.2) is 0 Å². The molecule has 2 N–H and O–H groups in total. The van der Waals surface area contributed by atoms with Gasteiger partial charge in [0, 0.05) is 29.9 Å². The summed E-state index contributed by atoms with van der Waals surface area (Å²) in [7, 11) is 0. The van der Waals surface area contributed by atoms with Crippen LogP contribution in [0.5, 0.6) is 0 Å². The molecule has 0 saturated carbocycles. The molecule has 6 nitrogen and oxygen atoms in total. The summed E-state index contributed by atoms with van der Waals surface area (Å²) in [6.07, 6.45) is 1.58. The fraction of sp³-hybridized carbons (Fsp3) is 0.182. The van der Waals surface area contributed by atoms with Crippen molar-refractivity contribution >= 4 is 17.3 Å². The maximum atomic E-state index is 11.8. The van der Waals surface area contributed by atoms with E-state index in [9.17, 15) is 14.9 Å². The number of anilines is 1. The second kappa shape index (κ2) is 3.99. The van der Waals surface area contributed by atoms with Crippen molar-refractivity contribution in [1.82, 2.24) is 0 Å². The van der Waals surface area contributed by atoms with Gasteiger partial charge in [-0.3, -0.25) is 14.9 Å². The summed E-state index contributed by atoms with van der Waals surface area (Å²) >= 11 is 0. The van der Waals surface area contributed by atoms with E-state index in [1.165, 1.54) is 17.0 Å². The van der Waals surface area contributed by atoms with E-state index in [0.717, 1.165) is 0 Å². The molecule has 0 unspecified atom stereocenters. The van der Waals surface area contributed by atoms with Crippen molar-refractivity contribution in [3.05, 3.63) is 46.5 Å². The fourth-order valence-corrected chi connectivity index (χ4v) is 1.89. The van der Waals surface area contributed by atoms with Gasteiger partial charge in [0.05, 0.1) is 4.92 Å². The first-order valence-corrected chi connectivity index (χ1v) is 5.02. The van der Waals surface area contributed by atoms with Crippen molar-refractivity contribution in [2.75, 3.05) is 11.4 Å². The molecule has 1 aliphatic heterocycles. The minimum Gasteiger partial charge on any atom is -0.316 e. The van der Waals surface area contributed by atoms with Crippen molar-refractivity contribution in [3.8, 4) is 0 Å². The smallest absolute Gasteiger partial charge is 0.269 e. The van der Waals surface area contributed by atoms with Crippen molar-refractivity contribution in [3.63, 3.8) is 0 Å². The van der Waals surface area contributed by atoms with E-state index in [-0.39, 0.29) is 11.6 Å². The lowest BCUT2D eigenvalue weighted by molar-refractivity contribution is -0.384. The maximum Gasteiger partial charge on any atom is 0.269 e. The van der Waals surface area contributed by atoms with Crippen LogP contribution in [-0.2, 0) is 4.79 Å². The largest absolute Gasteiger partial charge is 0.316 e. The number of amides is 1. The molecule has 1 aliphatic rings. The zero-order valence-corrected chi connectivity index (χ0v) is 9.00. The third-order valence-electron chi connectivity index (χ3n) is 2.69. The Balaban J connectivity index is 2.50. The molecule has 2 rings (SSSR count). The molecular formula is C11H11N3O3. The van der Waals surface area contributed by atoms with Crippen LogP contribution in [0.1, 0.15) is 11.6 Å². The zero-order valence-electron chi connectivity index (χ0n) is 9.00. The standard InChI is InChI=1S/C11H11N3O3/c1-2-5-13-9-4-3-7(14(16)17)6-8(9)10(12)11(13)15/h2-4,6,10H,1,5,12H2/t10-/m0/s1. The molecule has 0 aliphatic carbocycles. The number of non-ortho nitro benzene ring substituents is 1. The molecule has 0 aromatic heterocycles. The third kappa shape index (κ3) is 1.68. The highest BCUT2D eigenvalue weighted by molar-refractivity contribution is 6.04. The first kappa shape index (κ1) is 11.3. The molecule has 0 spiro atoms. The van der Waals surface area contributed by atoms with Gasteiger partial charge in [-0.2, -0.15) is 0 Å². The molecule has 1 aromatic rings. The van der Waals surface area contributed by atoms with Crippen LogP contribution in [-0.4, -0.2) is 17.4 Å². The lowest BCUT2D eigenvalue weighted by Gasteiger charge is -2.14. The number of carbonyl (C=O) groups excluding carboxylic acids is 1. The fourth-order valence-electron chi connectivity index (χ4n) is 1.89. The Morgan fingerprint density at radius 3 is 2.88 bits per heavy atom. The Labute approximate surface area is 97.5 Å². The van der Waals surface area contributed by atoms with E-state index in [2.05, 4.69) is 6.58 Å². The van der Waals surface area contributed by atoms with Crippen molar-refractivity contribution in [2.24, 2.45) is 5.73 Å². The highest BCUT2D eigenvalue weighted by Crippen LogP contribution is 2.36. The second-order valence-electron chi connectivity index (χ2n) is 3.72. The van der Waals surface area contributed by atoms with Crippen LogP contribution in [0.3, 0.4) is 0 Å². The van der Waals surface area contributed by atoms with Crippen LogP contribution in [0.15, 0.2) is 30.9 Å². The van der Waals surface area contributed by atoms with E-state index in [1.807, 2.05) is 0 Å². The monoisotopic (exact) mass is 233 g/mol. The topological polar surface area (TPSA) is 89.5 Å². The Bertz CT molecular complexity index is 513. The lowest BCUT2D eigenvalue weighted by Crippen LogP contribution is -2.31. The molecule has 1 amide bonds. The highest BCUT2D eigenvalue weighted by atomic mass is 16.6. The molecule has 1 heterocycles. The zero-order chi connectivity index (χ0) is 12.6. The number of rotatable bonds is 3. The van der Waals surface area contributed by atoms with E-state index in [1.54, 1.807) is 12.1 Å². The molecule has 17 heavy (non-hydrogen) atoms. The van der Waals surface area contributed by atoms with Crippen LogP contribution in [0.4, 0.5) is 11.4 Å². The average molecular weight is 233 g/mol. The van der Waals surface area contributed by atoms with Crippen molar-refractivity contribution in [2.45, 2.75) is 6.04 Å².